The highest BCUT2D eigenvalue weighted by Gasteiger charge is 2.37. The van der Waals surface area contributed by atoms with Crippen molar-refractivity contribution in [3.63, 3.8) is 0 Å². The molecule has 0 spiro atoms. The number of halogens is 4. The zero-order valence-corrected chi connectivity index (χ0v) is 19.7. The average molecular weight is 486 g/mol. The summed E-state index contributed by atoms with van der Waals surface area (Å²) in [4.78, 5) is 13.7. The number of aliphatic hydroxyl groups is 1. The molecule has 6 nitrogen and oxygen atoms in total. The van der Waals surface area contributed by atoms with E-state index in [2.05, 4.69) is 4.90 Å². The van der Waals surface area contributed by atoms with Gasteiger partial charge < -0.3 is 10.0 Å². The standard InChI is InChI=1S/C14H18F3N3O2.C10H13FO/c1-10(2)18-5-7-19(8-6-18)13-4-3-11(20(21)22)9-12(13)14(15,16)17;1-7(2)10(12)8-3-5-9(11)6-4-8/h3-4,9-10H,5-8H2,1-2H3;3-7,10,12H,1-2H3. The van der Waals surface area contributed by atoms with Crippen LogP contribution in [0.5, 0.6) is 0 Å². The van der Waals surface area contributed by atoms with Crippen LogP contribution in [-0.4, -0.2) is 47.2 Å². The molecule has 0 amide bonds. The maximum absolute atomic E-state index is 13.2. The summed E-state index contributed by atoms with van der Waals surface area (Å²) < 4.78 is 52.0. The Kier molecular flexibility index (Phi) is 9.40. The normalized spacial score (nSPS) is 15.8. The number of nitro groups is 1. The van der Waals surface area contributed by atoms with E-state index in [0.717, 1.165) is 11.6 Å². The van der Waals surface area contributed by atoms with Crippen LogP contribution < -0.4 is 4.90 Å². The van der Waals surface area contributed by atoms with Crippen molar-refractivity contribution >= 4 is 11.4 Å². The van der Waals surface area contributed by atoms with Crippen LogP contribution in [-0.2, 0) is 6.18 Å². The molecule has 3 rings (SSSR count). The molecule has 1 atom stereocenters. The molecule has 34 heavy (non-hydrogen) atoms. The third kappa shape index (κ3) is 7.39. The SMILES string of the molecule is CC(C)C(O)c1ccc(F)cc1.CC(C)N1CCN(c2ccc([N+](=O)[O-])cc2C(F)(F)F)CC1. The molecule has 1 aliphatic heterocycles. The van der Waals surface area contributed by atoms with E-state index in [9.17, 15) is 32.8 Å². The van der Waals surface area contributed by atoms with Gasteiger partial charge in [-0.1, -0.05) is 26.0 Å². The first-order valence-electron chi connectivity index (χ1n) is 11.1. The average Bonchev–Trinajstić information content (AvgIpc) is 2.78. The quantitative estimate of drug-likeness (QED) is 0.336. The molecule has 1 fully saturated rings. The Hall–Kier alpha value is -2.72. The van der Waals surface area contributed by atoms with Crippen molar-refractivity contribution in [2.45, 2.75) is 46.0 Å². The summed E-state index contributed by atoms with van der Waals surface area (Å²) in [6.07, 6.45) is -5.11. The van der Waals surface area contributed by atoms with E-state index in [1.54, 1.807) is 17.0 Å². The van der Waals surface area contributed by atoms with Crippen LogP contribution in [0.25, 0.3) is 0 Å². The van der Waals surface area contributed by atoms with E-state index in [4.69, 9.17) is 0 Å². The fourth-order valence-electron chi connectivity index (χ4n) is 3.66. The molecule has 1 unspecified atom stereocenters. The predicted octanol–water partition coefficient (Wildman–Crippen LogP) is 5.66. The molecule has 188 valence electrons. The van der Waals surface area contributed by atoms with Crippen LogP contribution >= 0.6 is 0 Å². The summed E-state index contributed by atoms with van der Waals surface area (Å²) in [7, 11) is 0. The van der Waals surface area contributed by atoms with Crippen LogP contribution in [0.15, 0.2) is 42.5 Å². The summed E-state index contributed by atoms with van der Waals surface area (Å²) in [6.45, 7) is 10.2. The lowest BCUT2D eigenvalue weighted by Crippen LogP contribution is -2.49. The molecular weight excluding hydrogens is 454 g/mol. The first-order valence-corrected chi connectivity index (χ1v) is 11.1. The Balaban J connectivity index is 0.000000287. The van der Waals surface area contributed by atoms with Crippen molar-refractivity contribution in [2.75, 3.05) is 31.1 Å². The zero-order chi connectivity index (χ0) is 25.6. The van der Waals surface area contributed by atoms with Crippen LogP contribution in [0.4, 0.5) is 28.9 Å². The van der Waals surface area contributed by atoms with Gasteiger partial charge in [0.25, 0.3) is 5.69 Å². The monoisotopic (exact) mass is 485 g/mol. The summed E-state index contributed by atoms with van der Waals surface area (Å²) in [5.74, 6) is -0.106. The van der Waals surface area contributed by atoms with Gasteiger partial charge in [-0.3, -0.25) is 15.0 Å². The fraction of sp³-hybridized carbons (Fsp3) is 0.500. The van der Waals surface area contributed by atoms with Gasteiger partial charge in [-0.05, 0) is 43.5 Å². The van der Waals surface area contributed by atoms with Gasteiger partial charge in [-0.15, -0.1) is 0 Å². The van der Waals surface area contributed by atoms with E-state index in [1.165, 1.54) is 18.2 Å². The number of alkyl halides is 3. The maximum atomic E-state index is 13.2. The molecule has 0 radical (unpaired) electrons. The highest BCUT2D eigenvalue weighted by molar-refractivity contribution is 5.59. The van der Waals surface area contributed by atoms with Gasteiger partial charge in [0.15, 0.2) is 0 Å². The number of piperazine rings is 1. The summed E-state index contributed by atoms with van der Waals surface area (Å²) >= 11 is 0. The van der Waals surface area contributed by atoms with E-state index in [0.29, 0.717) is 38.3 Å². The second-order valence-electron chi connectivity index (χ2n) is 8.81. The van der Waals surface area contributed by atoms with Crippen molar-refractivity contribution < 1.29 is 27.6 Å². The Morgan fingerprint density at radius 1 is 0.971 bits per heavy atom. The summed E-state index contributed by atoms with van der Waals surface area (Å²) in [5.41, 5.74) is -0.704. The van der Waals surface area contributed by atoms with Gasteiger partial charge in [-0.2, -0.15) is 13.2 Å². The van der Waals surface area contributed by atoms with Crippen molar-refractivity contribution in [3.8, 4) is 0 Å². The van der Waals surface area contributed by atoms with Gasteiger partial charge in [0, 0.05) is 50.0 Å². The lowest BCUT2D eigenvalue weighted by molar-refractivity contribution is -0.385. The molecule has 1 N–H and O–H groups in total. The molecule has 0 aromatic heterocycles. The minimum absolute atomic E-state index is 0.0153. The smallest absolute Gasteiger partial charge is 0.388 e. The van der Waals surface area contributed by atoms with E-state index in [1.807, 2.05) is 27.7 Å². The van der Waals surface area contributed by atoms with Crippen molar-refractivity contribution in [1.29, 1.82) is 0 Å². The lowest BCUT2D eigenvalue weighted by Gasteiger charge is -2.38. The fourth-order valence-corrected chi connectivity index (χ4v) is 3.66. The van der Waals surface area contributed by atoms with Gasteiger partial charge in [-0.25, -0.2) is 4.39 Å². The van der Waals surface area contributed by atoms with Crippen molar-refractivity contribution in [1.82, 2.24) is 4.90 Å². The van der Waals surface area contributed by atoms with Gasteiger partial charge in [0.05, 0.1) is 16.6 Å². The van der Waals surface area contributed by atoms with Gasteiger partial charge in [0.1, 0.15) is 5.82 Å². The third-order valence-electron chi connectivity index (χ3n) is 5.72. The second-order valence-corrected chi connectivity index (χ2v) is 8.81. The number of rotatable bonds is 5. The van der Waals surface area contributed by atoms with Crippen LogP contribution in [0, 0.1) is 21.8 Å². The largest absolute Gasteiger partial charge is 0.418 e. The number of aliphatic hydroxyl groups excluding tert-OH is 1. The Morgan fingerprint density at radius 2 is 1.53 bits per heavy atom. The van der Waals surface area contributed by atoms with E-state index >= 15 is 0 Å². The molecule has 0 aliphatic carbocycles. The maximum Gasteiger partial charge on any atom is 0.418 e. The number of anilines is 1. The molecule has 10 heteroatoms. The Labute approximate surface area is 196 Å². The topological polar surface area (TPSA) is 69.8 Å². The third-order valence-corrected chi connectivity index (χ3v) is 5.72. The first-order chi connectivity index (χ1) is 15.8. The van der Waals surface area contributed by atoms with Crippen molar-refractivity contribution in [3.05, 3.63) is 69.5 Å². The molecular formula is C24H31F4N3O3. The summed E-state index contributed by atoms with van der Waals surface area (Å²) in [6, 6.07) is 9.23. The number of benzene rings is 2. The molecule has 0 bridgehead atoms. The molecule has 1 aliphatic rings. The lowest BCUT2D eigenvalue weighted by atomic mass is 9.99. The number of nitro benzene ring substituents is 1. The first kappa shape index (κ1) is 27.5. The Bertz CT molecular complexity index is 941. The minimum atomic E-state index is -4.61. The molecule has 0 saturated carbocycles. The van der Waals surface area contributed by atoms with Crippen molar-refractivity contribution in [2.24, 2.45) is 5.92 Å². The second kappa shape index (κ2) is 11.6. The zero-order valence-electron chi connectivity index (χ0n) is 19.7. The molecule has 2 aromatic carbocycles. The van der Waals surface area contributed by atoms with Gasteiger partial charge in [0.2, 0.25) is 0 Å². The van der Waals surface area contributed by atoms with Crippen LogP contribution in [0.2, 0.25) is 0 Å². The highest BCUT2D eigenvalue weighted by Crippen LogP contribution is 2.39. The van der Waals surface area contributed by atoms with Crippen LogP contribution in [0.1, 0.15) is 44.9 Å². The highest BCUT2D eigenvalue weighted by atomic mass is 19.4. The number of nitrogens with zero attached hydrogens (tertiary/aromatic N) is 3. The number of hydrogen-bond donors (Lipinski definition) is 1. The van der Waals surface area contributed by atoms with E-state index in [-0.39, 0.29) is 17.4 Å². The minimum Gasteiger partial charge on any atom is -0.388 e. The van der Waals surface area contributed by atoms with Crippen LogP contribution in [0.3, 0.4) is 0 Å². The van der Waals surface area contributed by atoms with Gasteiger partial charge >= 0.3 is 6.18 Å². The Morgan fingerprint density at radius 3 is 1.97 bits per heavy atom. The predicted molar refractivity (Wildman–Crippen MR) is 123 cm³/mol. The molecule has 1 heterocycles. The number of non-ortho nitro benzene ring substituents is 1. The number of hydrogen-bond acceptors (Lipinski definition) is 5. The summed E-state index contributed by atoms with van der Waals surface area (Å²) in [5, 5.41) is 20.3. The molecule has 1 saturated heterocycles. The molecule has 2 aromatic rings. The van der Waals surface area contributed by atoms with E-state index < -0.39 is 28.5 Å².